The molecule has 0 spiro atoms. The largest absolute Gasteiger partial charge is 0.453 e. The monoisotopic (exact) mass is 526 g/mol. The van der Waals surface area contributed by atoms with Crippen molar-refractivity contribution in [3.63, 3.8) is 0 Å². The molecule has 0 aromatic heterocycles. The van der Waals surface area contributed by atoms with Gasteiger partial charge in [0.1, 0.15) is 12.3 Å². The standard InChI is InChI=1S/C22H20F6O8/c1-5-13(29)33-17(12-23)9-18(34-14(30)6-2)11-20(24,36-16(32)8-4)22(27,28)19(10-17,21(18,25)26)35-15(31)7-3/h5-8H,1-4,9-12H2. The summed E-state index contributed by atoms with van der Waals surface area (Å²) in [6.07, 6.45) is -4.89. The fourth-order valence-electron chi connectivity index (χ4n) is 4.39. The lowest BCUT2D eigenvalue weighted by Gasteiger charge is -2.63. The van der Waals surface area contributed by atoms with Gasteiger partial charge in [-0.3, -0.25) is 0 Å². The van der Waals surface area contributed by atoms with Gasteiger partial charge in [0.15, 0.2) is 5.60 Å². The van der Waals surface area contributed by atoms with Gasteiger partial charge in [-0.1, -0.05) is 26.3 Å². The molecule has 2 saturated carbocycles. The number of hydrogen-bond acceptors (Lipinski definition) is 8. The molecule has 2 fully saturated rings. The molecule has 198 valence electrons. The number of carbonyl (C=O) groups excluding carboxylic acids is 4. The van der Waals surface area contributed by atoms with E-state index in [1.807, 2.05) is 0 Å². The summed E-state index contributed by atoms with van der Waals surface area (Å²) in [5, 5.41) is 0. The van der Waals surface area contributed by atoms with E-state index in [1.54, 1.807) is 0 Å². The predicted molar refractivity (Wildman–Crippen MR) is 107 cm³/mol. The maximum absolute atomic E-state index is 16.1. The number of hydrogen-bond donors (Lipinski definition) is 0. The first-order valence-corrected chi connectivity index (χ1v) is 9.92. The first kappa shape index (κ1) is 28.7. The van der Waals surface area contributed by atoms with Gasteiger partial charge in [0, 0.05) is 37.1 Å². The van der Waals surface area contributed by atoms with Crippen molar-refractivity contribution in [2.24, 2.45) is 0 Å². The minimum atomic E-state index is -5.67. The Hall–Kier alpha value is -3.58. The van der Waals surface area contributed by atoms with Crippen LogP contribution in [0.5, 0.6) is 0 Å². The topological polar surface area (TPSA) is 105 Å². The van der Waals surface area contributed by atoms with E-state index >= 15 is 22.0 Å². The SMILES string of the molecule is C=CC(=O)OC1(CF)CC2(OC(=O)C=C)CC(F)(OC(=O)C=C)C(F)(F)C(OC(=O)C=C)(C1)C2(F)F. The van der Waals surface area contributed by atoms with Crippen LogP contribution in [0, 0.1) is 0 Å². The molecular formula is C22H20F6O8. The molecule has 2 aliphatic carbocycles. The fourth-order valence-corrected chi connectivity index (χ4v) is 4.39. The Labute approximate surface area is 200 Å². The molecule has 36 heavy (non-hydrogen) atoms. The number of fused-ring (bicyclic) bond motifs is 2. The molecule has 0 saturated heterocycles. The Kier molecular flexibility index (Phi) is 7.27. The molecule has 0 aromatic rings. The maximum atomic E-state index is 16.1. The lowest BCUT2D eigenvalue weighted by atomic mass is 9.55. The first-order valence-electron chi connectivity index (χ1n) is 9.92. The Bertz CT molecular complexity index is 1020. The van der Waals surface area contributed by atoms with E-state index in [9.17, 15) is 23.6 Å². The highest BCUT2D eigenvalue weighted by Crippen LogP contribution is 2.70. The summed E-state index contributed by atoms with van der Waals surface area (Å²) in [5.41, 5.74) is -11.6. The van der Waals surface area contributed by atoms with E-state index in [0.29, 0.717) is 12.2 Å². The van der Waals surface area contributed by atoms with Crippen LogP contribution in [0.1, 0.15) is 19.3 Å². The summed E-state index contributed by atoms with van der Waals surface area (Å²) in [7, 11) is 0. The van der Waals surface area contributed by atoms with Crippen LogP contribution in [0.4, 0.5) is 26.3 Å². The molecule has 8 nitrogen and oxygen atoms in total. The van der Waals surface area contributed by atoms with Gasteiger partial charge in [0.05, 0.1) is 6.42 Å². The number of esters is 4. The van der Waals surface area contributed by atoms with Gasteiger partial charge in [0.25, 0.3) is 5.60 Å². The van der Waals surface area contributed by atoms with E-state index in [0.717, 1.165) is 0 Å². The van der Waals surface area contributed by atoms with Gasteiger partial charge in [-0.15, -0.1) is 0 Å². The molecule has 0 heterocycles. The van der Waals surface area contributed by atoms with Crippen molar-refractivity contribution in [1.29, 1.82) is 0 Å². The third-order valence-corrected chi connectivity index (χ3v) is 5.81. The smallest absolute Gasteiger partial charge is 0.361 e. The van der Waals surface area contributed by atoms with Crippen LogP contribution < -0.4 is 0 Å². The Morgan fingerprint density at radius 1 is 0.639 bits per heavy atom. The summed E-state index contributed by atoms with van der Waals surface area (Å²) >= 11 is 0. The third kappa shape index (κ3) is 3.97. The van der Waals surface area contributed by atoms with Crippen LogP contribution in [-0.2, 0) is 38.1 Å². The maximum Gasteiger partial charge on any atom is 0.361 e. The molecule has 0 N–H and O–H groups in total. The van der Waals surface area contributed by atoms with Crippen LogP contribution in [0.25, 0.3) is 0 Å². The molecule has 4 unspecified atom stereocenters. The van der Waals surface area contributed by atoms with Crippen LogP contribution in [0.2, 0.25) is 0 Å². The molecule has 0 amide bonds. The van der Waals surface area contributed by atoms with E-state index < -0.39 is 84.3 Å². The number of halogens is 6. The van der Waals surface area contributed by atoms with Crippen molar-refractivity contribution in [2.45, 2.75) is 53.8 Å². The molecular weight excluding hydrogens is 506 g/mol. The Balaban J connectivity index is 3.02. The van der Waals surface area contributed by atoms with Gasteiger partial charge in [-0.25, -0.2) is 23.6 Å². The first-order chi connectivity index (χ1) is 16.5. The Morgan fingerprint density at radius 2 is 1.08 bits per heavy atom. The average molecular weight is 526 g/mol. The van der Waals surface area contributed by atoms with Crippen molar-refractivity contribution in [3.8, 4) is 0 Å². The second-order valence-electron chi connectivity index (χ2n) is 8.05. The van der Waals surface area contributed by atoms with Crippen molar-refractivity contribution < 1.29 is 64.5 Å². The number of ether oxygens (including phenoxy) is 4. The number of rotatable bonds is 9. The lowest BCUT2D eigenvalue weighted by molar-refractivity contribution is -0.454. The predicted octanol–water partition coefficient (Wildman–Crippen LogP) is 3.22. The molecule has 0 aromatic carbocycles. The van der Waals surface area contributed by atoms with Crippen LogP contribution >= 0.6 is 0 Å². The summed E-state index contributed by atoms with van der Waals surface area (Å²) in [5.74, 6) is -22.7. The summed E-state index contributed by atoms with van der Waals surface area (Å²) in [6.45, 7) is 9.81. The molecule has 14 heteroatoms. The fraction of sp³-hybridized carbons (Fsp3) is 0.455. The summed E-state index contributed by atoms with van der Waals surface area (Å²) < 4.78 is 112. The van der Waals surface area contributed by atoms with E-state index in [-0.39, 0.29) is 12.2 Å². The summed E-state index contributed by atoms with van der Waals surface area (Å²) in [4.78, 5) is 47.6. The minimum Gasteiger partial charge on any atom is -0.453 e. The zero-order valence-electron chi connectivity index (χ0n) is 18.5. The molecule has 2 bridgehead atoms. The van der Waals surface area contributed by atoms with E-state index in [4.69, 9.17) is 4.74 Å². The highest BCUT2D eigenvalue weighted by atomic mass is 19.3. The molecule has 2 rings (SSSR count). The zero-order chi connectivity index (χ0) is 27.8. The van der Waals surface area contributed by atoms with Gasteiger partial charge in [-0.05, 0) is 0 Å². The van der Waals surface area contributed by atoms with Crippen molar-refractivity contribution >= 4 is 23.9 Å². The van der Waals surface area contributed by atoms with Gasteiger partial charge < -0.3 is 18.9 Å². The van der Waals surface area contributed by atoms with Crippen LogP contribution in [0.15, 0.2) is 50.6 Å². The van der Waals surface area contributed by atoms with Gasteiger partial charge >= 0.3 is 41.6 Å². The average Bonchev–Trinajstić information content (AvgIpc) is 2.80. The second kappa shape index (κ2) is 9.13. The second-order valence-corrected chi connectivity index (χ2v) is 8.05. The van der Waals surface area contributed by atoms with E-state index in [1.165, 1.54) is 0 Å². The number of alkyl halides is 6. The van der Waals surface area contributed by atoms with Gasteiger partial charge in [-0.2, -0.15) is 22.0 Å². The van der Waals surface area contributed by atoms with E-state index in [2.05, 4.69) is 40.5 Å². The van der Waals surface area contributed by atoms with Gasteiger partial charge in [0.2, 0.25) is 0 Å². The third-order valence-electron chi connectivity index (χ3n) is 5.81. The molecule has 0 aliphatic heterocycles. The van der Waals surface area contributed by atoms with Crippen molar-refractivity contribution in [1.82, 2.24) is 0 Å². The molecule has 4 atom stereocenters. The highest BCUT2D eigenvalue weighted by Gasteiger charge is 2.94. The normalized spacial score (nSPS) is 33.7. The van der Waals surface area contributed by atoms with Crippen LogP contribution in [0.3, 0.4) is 0 Å². The highest BCUT2D eigenvalue weighted by molar-refractivity contribution is 5.84. The van der Waals surface area contributed by atoms with Crippen molar-refractivity contribution in [3.05, 3.63) is 50.6 Å². The molecule has 0 radical (unpaired) electrons. The number of carbonyl (C=O) groups is 4. The summed E-state index contributed by atoms with van der Waals surface area (Å²) in [6, 6.07) is 0. The minimum absolute atomic E-state index is 0.157. The quantitative estimate of drug-likeness (QED) is 0.195. The van der Waals surface area contributed by atoms with Crippen molar-refractivity contribution in [2.75, 3.05) is 6.67 Å². The molecule has 2 aliphatic rings. The lowest BCUT2D eigenvalue weighted by Crippen LogP contribution is -2.86. The Morgan fingerprint density at radius 3 is 1.56 bits per heavy atom. The zero-order valence-corrected chi connectivity index (χ0v) is 18.5. The van der Waals surface area contributed by atoms with Crippen LogP contribution in [-0.4, -0.2) is 65.1 Å².